The third kappa shape index (κ3) is 1.51. The minimum Gasteiger partial charge on any atom is -0.277 e. The van der Waals surface area contributed by atoms with E-state index in [-0.39, 0.29) is 5.78 Å². The normalized spacial score (nSPS) is 9.08. The molecule has 0 aliphatic carbocycles. The molecule has 1 heterocycles. The van der Waals surface area contributed by atoms with Gasteiger partial charge in [-0.05, 0) is 30.9 Å². The monoisotopic (exact) mass is 159 g/mol. The molecule has 1 aromatic heterocycles. The zero-order valence-corrected chi connectivity index (χ0v) is 7.09. The van der Waals surface area contributed by atoms with Crippen molar-refractivity contribution in [2.75, 3.05) is 0 Å². The highest BCUT2D eigenvalue weighted by molar-refractivity contribution is 6.08. The Kier molecular flexibility index (Phi) is 2.25. The van der Waals surface area contributed by atoms with Gasteiger partial charge in [0.2, 0.25) is 0 Å². The molecule has 0 fully saturated rings. The van der Waals surface area contributed by atoms with Gasteiger partial charge in [0, 0.05) is 6.20 Å². The number of hydrogen-bond acceptors (Lipinski definition) is 2. The van der Waals surface area contributed by atoms with Crippen molar-refractivity contribution < 1.29 is 4.79 Å². The number of carbonyl (C=O) groups excluding carboxylic acids is 1. The van der Waals surface area contributed by atoms with Crippen LogP contribution >= 0.6 is 0 Å². The Morgan fingerprint density at radius 2 is 2.25 bits per heavy atom. The number of nitrogens with zero attached hydrogens (tertiary/aromatic N) is 1. The molecule has 0 amide bonds. The minimum absolute atomic E-state index is 0.354. The number of ketones is 1. The Balaban J connectivity index is 3.20. The largest absolute Gasteiger partial charge is 0.277 e. The van der Waals surface area contributed by atoms with Crippen LogP contribution in [0, 0.1) is 26.2 Å². The molecule has 0 aliphatic heterocycles. The molecular weight excluding hydrogens is 150 g/mol. The second kappa shape index (κ2) is 3.19. The van der Waals surface area contributed by atoms with E-state index in [1.165, 1.54) is 0 Å². The van der Waals surface area contributed by atoms with Crippen LogP contribution in [0.2, 0.25) is 0 Å². The molecule has 0 saturated heterocycles. The second-order valence-corrected chi connectivity index (χ2v) is 2.65. The maximum absolute atomic E-state index is 11.0. The maximum atomic E-state index is 11.0. The summed E-state index contributed by atoms with van der Waals surface area (Å²) in [7, 11) is 0. The number of aromatic nitrogens is 1. The Morgan fingerprint density at radius 1 is 1.58 bits per heavy atom. The summed E-state index contributed by atoms with van der Waals surface area (Å²) in [6.07, 6.45) is 6.61. The standard InChI is InChI=1S/C10H9NO/c1-4-9(12)10-8(3)5-7(2)6-11-10/h1,5-6H,2-3H3. The molecule has 0 bridgehead atoms. The van der Waals surface area contributed by atoms with Gasteiger partial charge in [0.15, 0.2) is 0 Å². The molecule has 0 atom stereocenters. The van der Waals surface area contributed by atoms with Crippen molar-refractivity contribution in [2.45, 2.75) is 13.8 Å². The molecule has 1 rings (SSSR count). The fourth-order valence-electron chi connectivity index (χ4n) is 1.02. The van der Waals surface area contributed by atoms with Crippen molar-refractivity contribution in [2.24, 2.45) is 0 Å². The Bertz CT molecular complexity index is 361. The maximum Gasteiger partial charge on any atom is 0.254 e. The average molecular weight is 159 g/mol. The molecule has 0 unspecified atom stereocenters. The van der Waals surface area contributed by atoms with Crippen molar-refractivity contribution in [1.29, 1.82) is 0 Å². The summed E-state index contributed by atoms with van der Waals surface area (Å²) in [6.45, 7) is 3.74. The number of rotatable bonds is 1. The third-order valence-electron chi connectivity index (χ3n) is 1.56. The third-order valence-corrected chi connectivity index (χ3v) is 1.56. The van der Waals surface area contributed by atoms with E-state index in [1.807, 2.05) is 25.8 Å². The zero-order valence-electron chi connectivity index (χ0n) is 7.09. The molecule has 0 spiro atoms. The predicted octanol–water partition coefficient (Wildman–Crippen LogP) is 1.51. The van der Waals surface area contributed by atoms with E-state index in [0.717, 1.165) is 11.1 Å². The molecule has 1 aromatic rings. The topological polar surface area (TPSA) is 30.0 Å². The number of aryl methyl sites for hydroxylation is 2. The Morgan fingerprint density at radius 3 is 2.75 bits per heavy atom. The first-order chi connectivity index (χ1) is 5.65. The number of Topliss-reactive ketones (excluding diaryl/α,β-unsaturated/α-hetero) is 1. The fraction of sp³-hybridized carbons (Fsp3) is 0.200. The van der Waals surface area contributed by atoms with Gasteiger partial charge in [0.05, 0.1) is 0 Å². The van der Waals surface area contributed by atoms with Crippen molar-refractivity contribution in [3.63, 3.8) is 0 Å². The molecule has 12 heavy (non-hydrogen) atoms. The van der Waals surface area contributed by atoms with Gasteiger partial charge in [-0.1, -0.05) is 6.07 Å². The highest BCUT2D eigenvalue weighted by Crippen LogP contribution is 2.06. The fourth-order valence-corrected chi connectivity index (χ4v) is 1.02. The van der Waals surface area contributed by atoms with E-state index in [1.54, 1.807) is 6.20 Å². The van der Waals surface area contributed by atoms with E-state index in [4.69, 9.17) is 6.42 Å². The van der Waals surface area contributed by atoms with E-state index in [0.29, 0.717) is 5.69 Å². The van der Waals surface area contributed by atoms with Crippen LogP contribution in [0.15, 0.2) is 12.3 Å². The van der Waals surface area contributed by atoms with Crippen LogP contribution in [-0.2, 0) is 0 Å². The molecule has 0 aromatic carbocycles. The quantitative estimate of drug-likeness (QED) is 0.353. The molecule has 0 radical (unpaired) electrons. The number of carbonyl (C=O) groups is 1. The predicted molar refractivity (Wildman–Crippen MR) is 46.9 cm³/mol. The molecular formula is C10H9NO. The number of pyridine rings is 1. The highest BCUT2D eigenvalue weighted by Gasteiger charge is 2.06. The zero-order chi connectivity index (χ0) is 9.14. The first-order valence-electron chi connectivity index (χ1n) is 3.59. The molecule has 0 saturated carbocycles. The van der Waals surface area contributed by atoms with E-state index >= 15 is 0 Å². The average Bonchev–Trinajstić information content (AvgIpc) is 2.03. The second-order valence-electron chi connectivity index (χ2n) is 2.65. The van der Waals surface area contributed by atoms with Gasteiger partial charge in [0.25, 0.3) is 5.78 Å². The summed E-state index contributed by atoms with van der Waals surface area (Å²) in [5.74, 6) is 1.69. The van der Waals surface area contributed by atoms with Gasteiger partial charge >= 0.3 is 0 Å². The van der Waals surface area contributed by atoms with Crippen LogP contribution in [0.3, 0.4) is 0 Å². The molecule has 60 valence electrons. The molecule has 0 aliphatic rings. The lowest BCUT2D eigenvalue weighted by atomic mass is 10.1. The number of terminal acetylenes is 1. The summed E-state index contributed by atoms with van der Waals surface area (Å²) >= 11 is 0. The lowest BCUT2D eigenvalue weighted by molar-refractivity contribution is 0.105. The first-order valence-corrected chi connectivity index (χ1v) is 3.59. The minimum atomic E-state index is -0.354. The van der Waals surface area contributed by atoms with Gasteiger partial charge < -0.3 is 0 Å². The lowest BCUT2D eigenvalue weighted by Gasteiger charge is -1.99. The van der Waals surface area contributed by atoms with Gasteiger partial charge in [-0.3, -0.25) is 9.78 Å². The summed E-state index contributed by atoms with van der Waals surface area (Å²) in [6, 6.07) is 1.89. The van der Waals surface area contributed by atoms with Crippen LogP contribution in [0.4, 0.5) is 0 Å². The van der Waals surface area contributed by atoms with E-state index < -0.39 is 0 Å². The van der Waals surface area contributed by atoms with Crippen molar-refractivity contribution in [3.8, 4) is 12.3 Å². The van der Waals surface area contributed by atoms with Gasteiger partial charge in [0.1, 0.15) is 5.69 Å². The van der Waals surface area contributed by atoms with Crippen LogP contribution in [0.5, 0.6) is 0 Å². The van der Waals surface area contributed by atoms with E-state index in [2.05, 4.69) is 4.98 Å². The summed E-state index contributed by atoms with van der Waals surface area (Å²) in [5.41, 5.74) is 2.24. The van der Waals surface area contributed by atoms with Gasteiger partial charge in [-0.25, -0.2) is 0 Å². The highest BCUT2D eigenvalue weighted by atomic mass is 16.1. The van der Waals surface area contributed by atoms with E-state index in [9.17, 15) is 4.79 Å². The molecule has 2 nitrogen and oxygen atoms in total. The Labute approximate surface area is 71.6 Å². The van der Waals surface area contributed by atoms with Crippen LogP contribution in [0.25, 0.3) is 0 Å². The molecule has 2 heteroatoms. The smallest absolute Gasteiger partial charge is 0.254 e. The van der Waals surface area contributed by atoms with Gasteiger partial charge in [-0.15, -0.1) is 6.42 Å². The van der Waals surface area contributed by atoms with Crippen molar-refractivity contribution in [1.82, 2.24) is 4.98 Å². The van der Waals surface area contributed by atoms with Crippen LogP contribution < -0.4 is 0 Å². The Hall–Kier alpha value is -1.62. The summed E-state index contributed by atoms with van der Waals surface area (Å²) < 4.78 is 0. The molecule has 0 N–H and O–H groups in total. The summed E-state index contributed by atoms with van der Waals surface area (Å²) in [4.78, 5) is 15.0. The lowest BCUT2D eigenvalue weighted by Crippen LogP contribution is -2.01. The van der Waals surface area contributed by atoms with Gasteiger partial charge in [-0.2, -0.15) is 0 Å². The first kappa shape index (κ1) is 8.48. The van der Waals surface area contributed by atoms with Crippen LogP contribution in [-0.4, -0.2) is 10.8 Å². The number of hydrogen-bond donors (Lipinski definition) is 0. The van der Waals surface area contributed by atoms with Crippen molar-refractivity contribution in [3.05, 3.63) is 29.1 Å². The summed E-state index contributed by atoms with van der Waals surface area (Å²) in [5, 5.41) is 0. The SMILES string of the molecule is C#CC(=O)c1ncc(C)cc1C. The van der Waals surface area contributed by atoms with Crippen molar-refractivity contribution >= 4 is 5.78 Å². The van der Waals surface area contributed by atoms with Crippen LogP contribution in [0.1, 0.15) is 21.6 Å².